The average Bonchev–Trinajstić information content (AvgIpc) is 3.14. The van der Waals surface area contributed by atoms with E-state index >= 15 is 0 Å². The summed E-state index contributed by atoms with van der Waals surface area (Å²) in [6.07, 6.45) is -4.56. The number of hydrogen-bond donors (Lipinski definition) is 3. The summed E-state index contributed by atoms with van der Waals surface area (Å²) in [7, 11) is 0. The van der Waals surface area contributed by atoms with Gasteiger partial charge < -0.3 is 15.4 Å². The van der Waals surface area contributed by atoms with Crippen LogP contribution in [0.4, 0.5) is 27.8 Å². The molecule has 170 valence electrons. The highest BCUT2D eigenvalue weighted by atomic mass is 19.4. The van der Waals surface area contributed by atoms with E-state index < -0.39 is 29.3 Å². The highest BCUT2D eigenvalue weighted by molar-refractivity contribution is 6.08. The molecule has 12 heteroatoms. The van der Waals surface area contributed by atoms with Crippen LogP contribution in [0.1, 0.15) is 22.8 Å². The minimum atomic E-state index is -4.56. The third-order valence-corrected chi connectivity index (χ3v) is 4.25. The molecule has 32 heavy (non-hydrogen) atoms. The van der Waals surface area contributed by atoms with Gasteiger partial charge in [0.2, 0.25) is 5.96 Å². The number of H-pyrrole nitrogens is 1. The van der Waals surface area contributed by atoms with Crippen LogP contribution in [0.2, 0.25) is 0 Å². The molecule has 0 saturated heterocycles. The van der Waals surface area contributed by atoms with E-state index in [1.807, 2.05) is 0 Å². The lowest BCUT2D eigenvalue weighted by molar-refractivity contribution is -0.137. The number of hydrogen-bond acceptors (Lipinski definition) is 3. The topological polar surface area (TPSA) is 91.4 Å². The van der Waals surface area contributed by atoms with Crippen molar-refractivity contribution < 1.29 is 31.5 Å². The summed E-state index contributed by atoms with van der Waals surface area (Å²) >= 11 is 0. The first-order valence-electron chi connectivity index (χ1n) is 9.41. The molecule has 0 fully saturated rings. The third kappa shape index (κ3) is 5.58. The van der Waals surface area contributed by atoms with Crippen LogP contribution in [0.15, 0.2) is 41.4 Å². The maximum Gasteiger partial charge on any atom is 0.416 e. The fourth-order valence-corrected chi connectivity index (χ4v) is 2.69. The normalized spacial score (nSPS) is 12.2. The van der Waals surface area contributed by atoms with E-state index in [4.69, 9.17) is 4.74 Å². The molecule has 0 bridgehead atoms. The number of rotatable bonds is 6. The molecule has 1 amide bonds. The van der Waals surface area contributed by atoms with Crippen molar-refractivity contribution >= 4 is 28.6 Å². The summed E-state index contributed by atoms with van der Waals surface area (Å²) in [5.41, 5.74) is -0.780. The SMILES string of the molecule is CCOCCN/C(=N/C(=O)c1ccc(F)c(F)c1)Nc1n[nH]c2ccc(C(F)(F)F)cc12. The van der Waals surface area contributed by atoms with Crippen molar-refractivity contribution in [3.63, 3.8) is 0 Å². The maximum atomic E-state index is 13.4. The number of aliphatic imine (C=N–C) groups is 1. The van der Waals surface area contributed by atoms with Gasteiger partial charge in [0, 0.05) is 24.1 Å². The van der Waals surface area contributed by atoms with Crippen molar-refractivity contribution in [1.29, 1.82) is 0 Å². The number of carbonyl (C=O) groups excluding carboxylic acids is 1. The number of halogens is 5. The Bertz CT molecular complexity index is 1140. The van der Waals surface area contributed by atoms with E-state index in [9.17, 15) is 26.7 Å². The number of carbonyl (C=O) groups is 1. The number of nitrogens with one attached hydrogen (secondary N) is 3. The Morgan fingerprint density at radius 2 is 1.94 bits per heavy atom. The number of fused-ring (bicyclic) bond motifs is 1. The zero-order valence-electron chi connectivity index (χ0n) is 16.7. The molecule has 0 radical (unpaired) electrons. The van der Waals surface area contributed by atoms with Crippen LogP contribution >= 0.6 is 0 Å². The predicted molar refractivity (Wildman–Crippen MR) is 107 cm³/mol. The smallest absolute Gasteiger partial charge is 0.380 e. The molecular weight excluding hydrogens is 437 g/mol. The van der Waals surface area contributed by atoms with Gasteiger partial charge in [-0.2, -0.15) is 23.3 Å². The lowest BCUT2D eigenvalue weighted by Gasteiger charge is -2.11. The number of aromatic amines is 1. The minimum absolute atomic E-state index is 0.0214. The van der Waals surface area contributed by atoms with Gasteiger partial charge in [-0.3, -0.25) is 9.89 Å². The number of anilines is 1. The summed E-state index contributed by atoms with van der Waals surface area (Å²) in [6, 6.07) is 5.57. The van der Waals surface area contributed by atoms with E-state index in [0.717, 1.165) is 24.3 Å². The van der Waals surface area contributed by atoms with E-state index in [2.05, 4.69) is 25.8 Å². The van der Waals surface area contributed by atoms with Gasteiger partial charge in [-0.25, -0.2) is 8.78 Å². The summed E-state index contributed by atoms with van der Waals surface area (Å²) in [5, 5.41) is 12.1. The maximum absolute atomic E-state index is 13.4. The quantitative estimate of drug-likeness (QED) is 0.225. The zero-order valence-corrected chi connectivity index (χ0v) is 16.7. The number of ether oxygens (including phenoxy) is 1. The van der Waals surface area contributed by atoms with Gasteiger partial charge in [-0.1, -0.05) is 0 Å². The highest BCUT2D eigenvalue weighted by Crippen LogP contribution is 2.32. The average molecular weight is 455 g/mol. The molecule has 3 rings (SSSR count). The van der Waals surface area contributed by atoms with Crippen molar-refractivity contribution in [3.05, 3.63) is 59.2 Å². The molecule has 7 nitrogen and oxygen atoms in total. The van der Waals surface area contributed by atoms with Crippen LogP contribution in [0.25, 0.3) is 10.9 Å². The van der Waals surface area contributed by atoms with Crippen LogP contribution in [0, 0.1) is 11.6 Å². The van der Waals surface area contributed by atoms with E-state index in [1.165, 1.54) is 6.07 Å². The van der Waals surface area contributed by atoms with Crippen LogP contribution in [0.3, 0.4) is 0 Å². The van der Waals surface area contributed by atoms with Gasteiger partial charge in [0.25, 0.3) is 5.91 Å². The first-order chi connectivity index (χ1) is 15.2. The molecule has 0 atom stereocenters. The van der Waals surface area contributed by atoms with Crippen LogP contribution in [0.5, 0.6) is 0 Å². The Morgan fingerprint density at radius 3 is 2.62 bits per heavy atom. The van der Waals surface area contributed by atoms with Crippen molar-refractivity contribution in [1.82, 2.24) is 15.5 Å². The standard InChI is InChI=1S/C20H18F5N5O2/c1-2-32-8-7-26-19(28-18(31)11-3-5-14(21)15(22)9-11)27-17-13-10-12(20(23,24)25)4-6-16(13)29-30-17/h3-6,9-10H,2,7-8H2,1H3,(H3,26,27,28,29,30,31). The van der Waals surface area contributed by atoms with E-state index in [-0.39, 0.29) is 35.9 Å². The van der Waals surface area contributed by atoms with Crippen molar-refractivity contribution in [3.8, 4) is 0 Å². The lowest BCUT2D eigenvalue weighted by Crippen LogP contribution is -2.34. The Hall–Kier alpha value is -3.54. The highest BCUT2D eigenvalue weighted by Gasteiger charge is 2.31. The van der Waals surface area contributed by atoms with Crippen molar-refractivity contribution in [2.24, 2.45) is 4.99 Å². The molecule has 0 aliphatic carbocycles. The number of alkyl halides is 3. The molecule has 3 N–H and O–H groups in total. The Morgan fingerprint density at radius 1 is 1.16 bits per heavy atom. The number of benzene rings is 2. The Balaban J connectivity index is 1.91. The van der Waals surface area contributed by atoms with Crippen LogP contribution in [-0.4, -0.2) is 41.8 Å². The number of aromatic nitrogens is 2. The Labute approximate surface area is 178 Å². The van der Waals surface area contributed by atoms with Gasteiger partial charge in [0.05, 0.1) is 17.7 Å². The number of amides is 1. The second-order valence-corrected chi connectivity index (χ2v) is 6.47. The zero-order chi connectivity index (χ0) is 23.3. The molecule has 0 aliphatic rings. The first kappa shape index (κ1) is 23.1. The van der Waals surface area contributed by atoms with Gasteiger partial charge in [-0.05, 0) is 43.3 Å². The number of nitrogens with zero attached hydrogens (tertiary/aromatic N) is 2. The van der Waals surface area contributed by atoms with E-state index in [1.54, 1.807) is 6.92 Å². The molecule has 0 aliphatic heterocycles. The molecule has 0 unspecified atom stereocenters. The molecule has 1 heterocycles. The fraction of sp³-hybridized carbons (Fsp3) is 0.250. The predicted octanol–water partition coefficient (Wildman–Crippen LogP) is 4.09. The second-order valence-electron chi connectivity index (χ2n) is 6.47. The summed E-state index contributed by atoms with van der Waals surface area (Å²) in [4.78, 5) is 16.2. The molecular formula is C20H18F5N5O2. The summed E-state index contributed by atoms with van der Waals surface area (Å²) < 4.78 is 71.0. The molecule has 0 spiro atoms. The second kappa shape index (κ2) is 9.73. The Kier molecular flexibility index (Phi) is 7.03. The number of guanidine groups is 1. The monoisotopic (exact) mass is 455 g/mol. The summed E-state index contributed by atoms with van der Waals surface area (Å²) in [5.74, 6) is -3.44. The van der Waals surface area contributed by atoms with E-state index in [0.29, 0.717) is 18.2 Å². The molecule has 3 aromatic rings. The van der Waals surface area contributed by atoms with Gasteiger partial charge in [0.15, 0.2) is 17.5 Å². The fourth-order valence-electron chi connectivity index (χ4n) is 2.69. The molecule has 1 aromatic heterocycles. The van der Waals surface area contributed by atoms with Crippen LogP contribution < -0.4 is 10.6 Å². The van der Waals surface area contributed by atoms with Crippen molar-refractivity contribution in [2.75, 3.05) is 25.1 Å². The first-order valence-corrected chi connectivity index (χ1v) is 9.41. The molecule has 0 saturated carbocycles. The summed E-state index contributed by atoms with van der Waals surface area (Å²) in [6.45, 7) is 2.67. The van der Waals surface area contributed by atoms with Gasteiger partial charge in [-0.15, -0.1) is 0 Å². The largest absolute Gasteiger partial charge is 0.416 e. The lowest BCUT2D eigenvalue weighted by atomic mass is 10.1. The van der Waals surface area contributed by atoms with Gasteiger partial charge >= 0.3 is 6.18 Å². The van der Waals surface area contributed by atoms with Crippen molar-refractivity contribution in [2.45, 2.75) is 13.1 Å². The van der Waals surface area contributed by atoms with Gasteiger partial charge in [0.1, 0.15) is 0 Å². The minimum Gasteiger partial charge on any atom is -0.380 e. The van der Waals surface area contributed by atoms with Crippen LogP contribution in [-0.2, 0) is 10.9 Å². The molecule has 2 aromatic carbocycles. The third-order valence-electron chi connectivity index (χ3n) is 4.25.